The third-order valence-electron chi connectivity index (χ3n) is 2.81. The number of hydrogen-bond acceptors (Lipinski definition) is 3. The van der Waals surface area contributed by atoms with Gasteiger partial charge in [0.15, 0.2) is 0 Å². The molecule has 0 saturated carbocycles. The molecule has 1 N–H and O–H groups in total. The average molecular weight is 307 g/mol. The van der Waals surface area contributed by atoms with E-state index in [9.17, 15) is 5.11 Å². The third-order valence-corrected chi connectivity index (χ3v) is 3.24. The van der Waals surface area contributed by atoms with Crippen molar-refractivity contribution in [3.63, 3.8) is 0 Å². The summed E-state index contributed by atoms with van der Waals surface area (Å²) >= 11 is 3.35. The number of rotatable bonds is 4. The molecule has 2 rings (SSSR count). The molecule has 2 heterocycles. The number of aliphatic hydroxyl groups is 1. The highest BCUT2D eigenvalue weighted by Gasteiger charge is 2.10. The van der Waals surface area contributed by atoms with Gasteiger partial charge in [-0.1, -0.05) is 13.0 Å². The number of hydrogen-bond donors (Lipinski definition) is 1. The van der Waals surface area contributed by atoms with Gasteiger partial charge in [0.1, 0.15) is 0 Å². The Morgan fingerprint density at radius 2 is 2.11 bits per heavy atom. The van der Waals surface area contributed by atoms with Crippen LogP contribution in [0.3, 0.4) is 0 Å². The fourth-order valence-electron chi connectivity index (χ4n) is 1.71. The zero-order chi connectivity index (χ0) is 13.0. The topological polar surface area (TPSA) is 46.0 Å². The number of aliphatic hydroxyl groups excluding tert-OH is 1. The van der Waals surface area contributed by atoms with E-state index in [0.29, 0.717) is 6.42 Å². The molecule has 18 heavy (non-hydrogen) atoms. The van der Waals surface area contributed by atoms with Crippen LogP contribution in [0.2, 0.25) is 0 Å². The molecule has 0 aliphatic carbocycles. The van der Waals surface area contributed by atoms with E-state index in [1.807, 2.05) is 24.4 Å². The maximum Gasteiger partial charge on any atom is 0.0860 e. The Hall–Kier alpha value is -1.26. The van der Waals surface area contributed by atoms with Crippen molar-refractivity contribution in [2.24, 2.45) is 0 Å². The van der Waals surface area contributed by atoms with Crippen LogP contribution < -0.4 is 0 Å². The number of nitrogens with zero attached hydrogens (tertiary/aromatic N) is 2. The molecule has 2 aromatic heterocycles. The van der Waals surface area contributed by atoms with Gasteiger partial charge in [0.05, 0.1) is 6.10 Å². The molecule has 0 radical (unpaired) electrons. The van der Waals surface area contributed by atoms with Crippen LogP contribution in [0.1, 0.15) is 29.8 Å². The molecule has 2 aromatic rings. The maximum atomic E-state index is 10.1. The van der Waals surface area contributed by atoms with Crippen molar-refractivity contribution in [1.82, 2.24) is 9.97 Å². The van der Waals surface area contributed by atoms with Crippen molar-refractivity contribution in [2.45, 2.75) is 25.9 Å². The second-order valence-electron chi connectivity index (χ2n) is 4.17. The summed E-state index contributed by atoms with van der Waals surface area (Å²) in [6, 6.07) is 5.89. The Kier molecular flexibility index (Phi) is 4.44. The lowest BCUT2D eigenvalue weighted by molar-refractivity contribution is 0.176. The quantitative estimate of drug-likeness (QED) is 0.944. The fraction of sp³-hybridized carbons (Fsp3) is 0.286. The van der Waals surface area contributed by atoms with E-state index in [-0.39, 0.29) is 0 Å². The summed E-state index contributed by atoms with van der Waals surface area (Å²) in [7, 11) is 0. The first-order valence-electron chi connectivity index (χ1n) is 5.91. The van der Waals surface area contributed by atoms with E-state index in [0.717, 1.165) is 22.2 Å². The molecule has 4 heteroatoms. The van der Waals surface area contributed by atoms with Crippen LogP contribution in [0.15, 0.2) is 41.3 Å². The van der Waals surface area contributed by atoms with Crippen LogP contribution in [0.25, 0.3) is 0 Å². The molecular formula is C14H15BrN2O. The molecule has 0 amide bonds. The molecule has 1 unspecified atom stereocenters. The molecule has 0 aliphatic heterocycles. The van der Waals surface area contributed by atoms with E-state index in [1.54, 1.807) is 12.4 Å². The Balaban J connectivity index is 2.08. The van der Waals surface area contributed by atoms with E-state index in [4.69, 9.17) is 0 Å². The van der Waals surface area contributed by atoms with Crippen molar-refractivity contribution in [2.75, 3.05) is 0 Å². The number of aromatic nitrogens is 2. The number of pyridine rings is 2. The molecular weight excluding hydrogens is 292 g/mol. The van der Waals surface area contributed by atoms with E-state index < -0.39 is 6.10 Å². The van der Waals surface area contributed by atoms with Crippen molar-refractivity contribution >= 4 is 15.9 Å². The zero-order valence-corrected chi connectivity index (χ0v) is 11.8. The van der Waals surface area contributed by atoms with Gasteiger partial charge in [-0.3, -0.25) is 9.97 Å². The Labute approximate surface area is 115 Å². The highest BCUT2D eigenvalue weighted by Crippen LogP contribution is 2.19. The minimum atomic E-state index is -0.574. The van der Waals surface area contributed by atoms with Gasteiger partial charge in [0.2, 0.25) is 0 Å². The van der Waals surface area contributed by atoms with Gasteiger partial charge < -0.3 is 5.11 Å². The minimum Gasteiger partial charge on any atom is -0.388 e. The summed E-state index contributed by atoms with van der Waals surface area (Å²) in [5, 5.41) is 10.1. The Bertz CT molecular complexity index is 513. The SMILES string of the molecule is CCc1ccc(CC(O)c2cncc(Br)c2)nc1. The molecule has 0 spiro atoms. The standard InChI is InChI=1S/C14H15BrN2O/c1-2-10-3-4-13(17-7-10)6-14(18)11-5-12(15)9-16-8-11/h3-5,7-9,14,18H,2,6H2,1H3. The smallest absolute Gasteiger partial charge is 0.0860 e. The summed E-state index contributed by atoms with van der Waals surface area (Å²) in [5.41, 5.74) is 2.89. The normalized spacial score (nSPS) is 12.4. The van der Waals surface area contributed by atoms with Crippen molar-refractivity contribution < 1.29 is 5.11 Å². The lowest BCUT2D eigenvalue weighted by Gasteiger charge is -2.10. The van der Waals surface area contributed by atoms with Crippen LogP contribution in [-0.2, 0) is 12.8 Å². The fourth-order valence-corrected chi connectivity index (χ4v) is 2.09. The Morgan fingerprint density at radius 3 is 2.72 bits per heavy atom. The van der Waals surface area contributed by atoms with Crippen LogP contribution in [-0.4, -0.2) is 15.1 Å². The summed E-state index contributed by atoms with van der Waals surface area (Å²) in [5.74, 6) is 0. The number of aryl methyl sites for hydroxylation is 1. The van der Waals surface area contributed by atoms with Crippen LogP contribution in [0, 0.1) is 0 Å². The first-order valence-corrected chi connectivity index (χ1v) is 6.70. The average Bonchev–Trinajstić information content (AvgIpc) is 2.39. The monoisotopic (exact) mass is 306 g/mol. The van der Waals surface area contributed by atoms with Gasteiger partial charge in [-0.15, -0.1) is 0 Å². The molecule has 0 fully saturated rings. The van der Waals surface area contributed by atoms with Crippen molar-refractivity contribution in [3.05, 3.63) is 58.1 Å². The molecule has 94 valence electrons. The second kappa shape index (κ2) is 6.07. The maximum absolute atomic E-state index is 10.1. The first-order chi connectivity index (χ1) is 8.69. The van der Waals surface area contributed by atoms with Crippen molar-refractivity contribution in [1.29, 1.82) is 0 Å². The molecule has 0 saturated heterocycles. The summed E-state index contributed by atoms with van der Waals surface area (Å²) in [6.07, 6.45) is 6.14. The predicted octanol–water partition coefficient (Wildman–Crippen LogP) is 3.08. The highest BCUT2D eigenvalue weighted by atomic mass is 79.9. The summed E-state index contributed by atoms with van der Waals surface area (Å²) in [4.78, 5) is 8.39. The third kappa shape index (κ3) is 3.37. The lowest BCUT2D eigenvalue weighted by atomic mass is 10.1. The lowest BCUT2D eigenvalue weighted by Crippen LogP contribution is -2.04. The highest BCUT2D eigenvalue weighted by molar-refractivity contribution is 9.10. The van der Waals surface area contributed by atoms with Gasteiger partial charge in [0, 0.05) is 40.7 Å². The van der Waals surface area contributed by atoms with Gasteiger partial charge in [-0.25, -0.2) is 0 Å². The van der Waals surface area contributed by atoms with Crippen LogP contribution in [0.4, 0.5) is 0 Å². The molecule has 0 aliphatic rings. The van der Waals surface area contributed by atoms with Crippen LogP contribution in [0.5, 0.6) is 0 Å². The number of halogens is 1. The summed E-state index contributed by atoms with van der Waals surface area (Å²) in [6.45, 7) is 2.10. The predicted molar refractivity (Wildman–Crippen MR) is 74.2 cm³/mol. The van der Waals surface area contributed by atoms with E-state index >= 15 is 0 Å². The molecule has 1 atom stereocenters. The van der Waals surface area contributed by atoms with E-state index in [2.05, 4.69) is 32.8 Å². The van der Waals surface area contributed by atoms with E-state index in [1.165, 1.54) is 5.56 Å². The van der Waals surface area contributed by atoms with Crippen LogP contribution >= 0.6 is 15.9 Å². The molecule has 3 nitrogen and oxygen atoms in total. The van der Waals surface area contributed by atoms with Gasteiger partial charge in [-0.05, 0) is 40.0 Å². The Morgan fingerprint density at radius 1 is 1.28 bits per heavy atom. The molecule has 0 bridgehead atoms. The zero-order valence-electron chi connectivity index (χ0n) is 10.2. The van der Waals surface area contributed by atoms with Gasteiger partial charge in [0.25, 0.3) is 0 Å². The first kappa shape index (κ1) is 13.2. The minimum absolute atomic E-state index is 0.502. The van der Waals surface area contributed by atoms with Crippen molar-refractivity contribution in [3.8, 4) is 0 Å². The second-order valence-corrected chi connectivity index (χ2v) is 5.08. The molecule has 0 aromatic carbocycles. The van der Waals surface area contributed by atoms with Gasteiger partial charge in [-0.2, -0.15) is 0 Å². The largest absolute Gasteiger partial charge is 0.388 e. The van der Waals surface area contributed by atoms with Gasteiger partial charge >= 0.3 is 0 Å². The summed E-state index contributed by atoms with van der Waals surface area (Å²) < 4.78 is 0.869.